The number of esters is 1. The van der Waals surface area contributed by atoms with Crippen LogP contribution in [-0.2, 0) is 9.53 Å². The van der Waals surface area contributed by atoms with Gasteiger partial charge in [-0.2, -0.15) is 0 Å². The minimum Gasteiger partial charge on any atom is -0.459 e. The highest BCUT2D eigenvalue weighted by Crippen LogP contribution is 2.68. The van der Waals surface area contributed by atoms with Crippen molar-refractivity contribution in [2.45, 2.75) is 91.1 Å². The van der Waals surface area contributed by atoms with Crippen molar-refractivity contribution in [3.05, 3.63) is 11.1 Å². The molecule has 1 aliphatic heterocycles. The number of allylic oxidation sites excluding steroid dienone is 2. The van der Waals surface area contributed by atoms with Crippen LogP contribution >= 0.6 is 0 Å². The molecule has 0 aromatic rings. The molecule has 1 saturated heterocycles. The summed E-state index contributed by atoms with van der Waals surface area (Å²) in [5, 5.41) is 0. The van der Waals surface area contributed by atoms with Crippen molar-refractivity contribution >= 4 is 5.97 Å². The monoisotopic (exact) mass is 316 g/mol. The van der Waals surface area contributed by atoms with Gasteiger partial charge in [0.15, 0.2) is 0 Å². The zero-order chi connectivity index (χ0) is 16.5. The Kier molecular flexibility index (Phi) is 3.32. The van der Waals surface area contributed by atoms with E-state index in [1.54, 1.807) is 11.1 Å². The minimum atomic E-state index is -0.206. The molecule has 0 aromatic heterocycles. The van der Waals surface area contributed by atoms with E-state index < -0.39 is 0 Å². The third-order valence-electron chi connectivity index (χ3n) is 8.38. The van der Waals surface area contributed by atoms with Crippen LogP contribution in [-0.4, -0.2) is 11.6 Å². The lowest BCUT2D eigenvalue weighted by Gasteiger charge is -2.65. The van der Waals surface area contributed by atoms with Gasteiger partial charge in [-0.3, -0.25) is 4.79 Å². The maximum atomic E-state index is 11.9. The molecule has 2 heteroatoms. The van der Waals surface area contributed by atoms with Crippen molar-refractivity contribution < 1.29 is 9.53 Å². The molecule has 0 bridgehead atoms. The fraction of sp³-hybridized carbons (Fsp3) is 0.857. The molecule has 3 fully saturated rings. The van der Waals surface area contributed by atoms with E-state index >= 15 is 0 Å². The Morgan fingerprint density at radius 2 is 1.74 bits per heavy atom. The van der Waals surface area contributed by atoms with Gasteiger partial charge in [-0.25, -0.2) is 0 Å². The number of fused-ring (bicyclic) bond motifs is 5. The lowest BCUT2D eigenvalue weighted by molar-refractivity contribution is -0.212. The third kappa shape index (κ3) is 2.02. The van der Waals surface area contributed by atoms with Crippen molar-refractivity contribution in [3.8, 4) is 0 Å². The van der Waals surface area contributed by atoms with E-state index in [4.69, 9.17) is 4.74 Å². The summed E-state index contributed by atoms with van der Waals surface area (Å²) in [5.41, 5.74) is 4.01. The average molecular weight is 316 g/mol. The second kappa shape index (κ2) is 4.86. The molecular formula is C21H32O2. The van der Waals surface area contributed by atoms with Gasteiger partial charge in [0.05, 0.1) is 0 Å². The fourth-order valence-electron chi connectivity index (χ4n) is 7.39. The first-order chi connectivity index (χ1) is 10.8. The summed E-state index contributed by atoms with van der Waals surface area (Å²) in [5.74, 6) is 1.35. The SMILES string of the molecule is CC1=C2CC[C@]3(C)[C@H](CC[C@]4(C)OC(=O)CC[C@@H]34)[C@@]2(C)CCC1. The van der Waals surface area contributed by atoms with Crippen LogP contribution in [0.2, 0.25) is 0 Å². The number of carbonyl (C=O) groups is 1. The number of ether oxygens (including phenoxy) is 1. The molecular weight excluding hydrogens is 284 g/mol. The van der Waals surface area contributed by atoms with Crippen LogP contribution in [0, 0.1) is 22.7 Å². The molecule has 0 radical (unpaired) electrons. The normalized spacial score (nSPS) is 49.8. The molecule has 0 spiro atoms. The highest BCUT2D eigenvalue weighted by atomic mass is 16.6. The molecule has 1 heterocycles. The van der Waals surface area contributed by atoms with Crippen molar-refractivity contribution in [3.63, 3.8) is 0 Å². The summed E-state index contributed by atoms with van der Waals surface area (Å²) >= 11 is 0. The molecule has 3 aliphatic carbocycles. The molecule has 0 aromatic carbocycles. The molecule has 23 heavy (non-hydrogen) atoms. The highest BCUT2D eigenvalue weighted by Gasteiger charge is 2.62. The first kappa shape index (κ1) is 15.7. The third-order valence-corrected chi connectivity index (χ3v) is 8.38. The van der Waals surface area contributed by atoms with Crippen molar-refractivity contribution in [1.82, 2.24) is 0 Å². The minimum absolute atomic E-state index is 0.0296. The van der Waals surface area contributed by atoms with E-state index in [-0.39, 0.29) is 11.6 Å². The van der Waals surface area contributed by atoms with Gasteiger partial charge >= 0.3 is 5.97 Å². The van der Waals surface area contributed by atoms with Gasteiger partial charge < -0.3 is 4.74 Å². The van der Waals surface area contributed by atoms with Gasteiger partial charge in [0.1, 0.15) is 5.60 Å². The maximum absolute atomic E-state index is 11.9. The van der Waals surface area contributed by atoms with Crippen LogP contribution in [0.1, 0.15) is 85.5 Å². The van der Waals surface area contributed by atoms with E-state index in [1.165, 1.54) is 38.5 Å². The van der Waals surface area contributed by atoms with E-state index in [0.29, 0.717) is 23.2 Å². The lowest BCUT2D eigenvalue weighted by atomic mass is 9.42. The molecule has 4 aliphatic rings. The largest absolute Gasteiger partial charge is 0.459 e. The van der Waals surface area contributed by atoms with Gasteiger partial charge in [-0.05, 0) is 82.0 Å². The fourth-order valence-corrected chi connectivity index (χ4v) is 7.39. The summed E-state index contributed by atoms with van der Waals surface area (Å²) in [6, 6.07) is 0. The van der Waals surface area contributed by atoms with E-state index in [0.717, 1.165) is 18.8 Å². The van der Waals surface area contributed by atoms with Crippen LogP contribution in [0.25, 0.3) is 0 Å². The first-order valence-electron chi connectivity index (χ1n) is 9.70. The summed E-state index contributed by atoms with van der Waals surface area (Å²) < 4.78 is 5.93. The second-order valence-corrected chi connectivity index (χ2v) is 9.50. The lowest BCUT2D eigenvalue weighted by Crippen LogP contribution is -2.61. The zero-order valence-corrected chi connectivity index (χ0v) is 15.3. The van der Waals surface area contributed by atoms with Crippen LogP contribution in [0.5, 0.6) is 0 Å². The number of hydrogen-bond acceptors (Lipinski definition) is 2. The summed E-state index contributed by atoms with van der Waals surface area (Å²) in [6.45, 7) is 9.69. The van der Waals surface area contributed by atoms with Gasteiger partial charge in [0.25, 0.3) is 0 Å². The predicted octanol–water partition coefficient (Wildman–Crippen LogP) is 5.42. The Bertz CT molecular complexity index is 576. The molecule has 5 atom stereocenters. The highest BCUT2D eigenvalue weighted by molar-refractivity contribution is 5.71. The van der Waals surface area contributed by atoms with Gasteiger partial charge in [0.2, 0.25) is 0 Å². The molecule has 2 nitrogen and oxygen atoms in total. The van der Waals surface area contributed by atoms with Crippen LogP contribution in [0.3, 0.4) is 0 Å². The van der Waals surface area contributed by atoms with Gasteiger partial charge in [-0.1, -0.05) is 25.0 Å². The molecule has 4 rings (SSSR count). The van der Waals surface area contributed by atoms with Crippen molar-refractivity contribution in [1.29, 1.82) is 0 Å². The van der Waals surface area contributed by atoms with E-state index in [9.17, 15) is 4.79 Å². The van der Waals surface area contributed by atoms with Crippen molar-refractivity contribution in [2.24, 2.45) is 22.7 Å². The van der Waals surface area contributed by atoms with E-state index in [2.05, 4.69) is 27.7 Å². The second-order valence-electron chi connectivity index (χ2n) is 9.50. The number of carbonyl (C=O) groups excluding carboxylic acids is 1. The Balaban J connectivity index is 1.75. The average Bonchev–Trinajstić information content (AvgIpc) is 2.45. The molecule has 2 saturated carbocycles. The molecule has 0 unspecified atom stereocenters. The van der Waals surface area contributed by atoms with E-state index in [1.807, 2.05) is 0 Å². The molecule has 128 valence electrons. The van der Waals surface area contributed by atoms with Crippen LogP contribution in [0.4, 0.5) is 0 Å². The Labute approximate surface area is 141 Å². The number of hydrogen-bond donors (Lipinski definition) is 0. The summed E-state index contributed by atoms with van der Waals surface area (Å²) in [4.78, 5) is 11.9. The summed E-state index contributed by atoms with van der Waals surface area (Å²) in [7, 11) is 0. The molecule has 0 amide bonds. The Morgan fingerprint density at radius 1 is 0.957 bits per heavy atom. The Hall–Kier alpha value is -0.790. The predicted molar refractivity (Wildman–Crippen MR) is 91.9 cm³/mol. The summed E-state index contributed by atoms with van der Waals surface area (Å²) in [6.07, 6.45) is 10.5. The standard InChI is InChI=1S/C21H32O2/c1-14-6-5-11-19(2)15(14)9-12-20(3)16(19)10-13-21(4)17(20)7-8-18(22)23-21/h16-17H,5-13H2,1-4H3/t16-,17+,19+,20-,21+/m1/s1. The number of rotatable bonds is 0. The smallest absolute Gasteiger partial charge is 0.306 e. The maximum Gasteiger partial charge on any atom is 0.306 e. The van der Waals surface area contributed by atoms with Gasteiger partial charge in [-0.15, -0.1) is 0 Å². The topological polar surface area (TPSA) is 26.3 Å². The van der Waals surface area contributed by atoms with Crippen LogP contribution < -0.4 is 0 Å². The first-order valence-corrected chi connectivity index (χ1v) is 9.70. The zero-order valence-electron chi connectivity index (χ0n) is 15.3. The van der Waals surface area contributed by atoms with Gasteiger partial charge in [0, 0.05) is 12.3 Å². The quantitative estimate of drug-likeness (QED) is 0.441. The van der Waals surface area contributed by atoms with Crippen molar-refractivity contribution in [2.75, 3.05) is 0 Å². The molecule has 0 N–H and O–H groups in total. The van der Waals surface area contributed by atoms with Crippen LogP contribution in [0.15, 0.2) is 11.1 Å². The Morgan fingerprint density at radius 3 is 2.52 bits per heavy atom.